The smallest absolute Gasteiger partial charge is 0.310 e. The van der Waals surface area contributed by atoms with Crippen LogP contribution in [-0.2, 0) is 11.2 Å². The van der Waals surface area contributed by atoms with Crippen LogP contribution in [-0.4, -0.2) is 20.9 Å². The summed E-state index contributed by atoms with van der Waals surface area (Å²) in [6.07, 6.45) is 7.33. The molecule has 1 aromatic heterocycles. The Hall–Kier alpha value is -1.32. The van der Waals surface area contributed by atoms with Crippen molar-refractivity contribution in [3.05, 3.63) is 18.0 Å². The lowest BCUT2D eigenvalue weighted by Gasteiger charge is -2.36. The second-order valence-corrected chi connectivity index (χ2v) is 6.49. The maximum Gasteiger partial charge on any atom is 0.310 e. The molecule has 0 aliphatic heterocycles. The number of rotatable bonds is 5. The van der Waals surface area contributed by atoms with Crippen LogP contribution in [0.4, 0.5) is 0 Å². The van der Waals surface area contributed by atoms with E-state index in [0.29, 0.717) is 18.4 Å². The molecule has 4 heteroatoms. The zero-order valence-corrected chi connectivity index (χ0v) is 12.8. The van der Waals surface area contributed by atoms with Crippen LogP contribution in [0.1, 0.15) is 64.6 Å². The molecule has 0 unspecified atom stereocenters. The Morgan fingerprint density at radius 1 is 1.50 bits per heavy atom. The van der Waals surface area contributed by atoms with Crippen LogP contribution < -0.4 is 0 Å². The highest BCUT2D eigenvalue weighted by Crippen LogP contribution is 2.42. The molecule has 1 heterocycles. The lowest BCUT2D eigenvalue weighted by Crippen LogP contribution is -2.37. The van der Waals surface area contributed by atoms with E-state index in [1.165, 1.54) is 0 Å². The molecule has 0 saturated heterocycles. The summed E-state index contributed by atoms with van der Waals surface area (Å²) in [7, 11) is 0. The molecule has 112 valence electrons. The van der Waals surface area contributed by atoms with Gasteiger partial charge in [0.1, 0.15) is 0 Å². The van der Waals surface area contributed by atoms with E-state index in [4.69, 9.17) is 0 Å². The van der Waals surface area contributed by atoms with Crippen molar-refractivity contribution in [2.24, 2.45) is 11.3 Å². The summed E-state index contributed by atoms with van der Waals surface area (Å²) in [4.78, 5) is 11.8. The molecule has 1 fully saturated rings. The van der Waals surface area contributed by atoms with Crippen molar-refractivity contribution in [1.29, 1.82) is 0 Å². The second kappa shape index (κ2) is 5.98. The topological polar surface area (TPSA) is 55.1 Å². The average molecular weight is 278 g/mol. The van der Waals surface area contributed by atoms with Crippen molar-refractivity contribution in [1.82, 2.24) is 9.78 Å². The zero-order valence-electron chi connectivity index (χ0n) is 12.8. The highest BCUT2D eigenvalue weighted by molar-refractivity contribution is 5.75. The molecule has 1 aliphatic rings. The van der Waals surface area contributed by atoms with E-state index in [1.54, 1.807) is 0 Å². The molecule has 1 aliphatic carbocycles. The minimum atomic E-state index is -0.647. The van der Waals surface area contributed by atoms with Crippen molar-refractivity contribution >= 4 is 5.97 Å². The number of hydrogen-bond donors (Lipinski definition) is 1. The Morgan fingerprint density at radius 2 is 2.15 bits per heavy atom. The van der Waals surface area contributed by atoms with E-state index in [9.17, 15) is 9.90 Å². The van der Waals surface area contributed by atoms with Gasteiger partial charge >= 0.3 is 5.97 Å². The fourth-order valence-electron chi connectivity index (χ4n) is 3.21. The molecule has 2 rings (SSSR count). The predicted octanol–water partition coefficient (Wildman–Crippen LogP) is 3.68. The summed E-state index contributed by atoms with van der Waals surface area (Å²) in [6, 6.07) is 2.29. The van der Waals surface area contributed by atoms with Gasteiger partial charge in [-0.1, -0.05) is 13.3 Å². The zero-order chi connectivity index (χ0) is 14.8. The summed E-state index contributed by atoms with van der Waals surface area (Å²) in [6.45, 7) is 6.36. The summed E-state index contributed by atoms with van der Waals surface area (Å²) in [5.74, 6) is 0.0573. The van der Waals surface area contributed by atoms with Gasteiger partial charge in [0.05, 0.1) is 11.1 Å². The van der Waals surface area contributed by atoms with Gasteiger partial charge in [-0.2, -0.15) is 5.10 Å². The lowest BCUT2D eigenvalue weighted by atomic mass is 9.67. The summed E-state index contributed by atoms with van der Waals surface area (Å²) in [5, 5.41) is 14.2. The van der Waals surface area contributed by atoms with E-state index in [1.807, 2.05) is 16.9 Å². The summed E-state index contributed by atoms with van der Waals surface area (Å²) < 4.78 is 1.91. The number of aromatic nitrogens is 2. The maximum atomic E-state index is 11.8. The van der Waals surface area contributed by atoms with E-state index in [2.05, 4.69) is 25.9 Å². The number of carboxylic acid groups (broad SMARTS) is 1. The number of carbonyl (C=O) groups is 1. The van der Waals surface area contributed by atoms with Crippen molar-refractivity contribution in [2.45, 2.75) is 65.3 Å². The summed E-state index contributed by atoms with van der Waals surface area (Å²) >= 11 is 0. The van der Waals surface area contributed by atoms with E-state index >= 15 is 0 Å². The van der Waals surface area contributed by atoms with Crippen molar-refractivity contribution in [3.8, 4) is 0 Å². The van der Waals surface area contributed by atoms with Gasteiger partial charge in [0.2, 0.25) is 0 Å². The molecule has 1 saturated carbocycles. The third-order valence-electron chi connectivity index (χ3n) is 4.81. The van der Waals surface area contributed by atoms with Gasteiger partial charge in [0, 0.05) is 18.7 Å². The monoisotopic (exact) mass is 278 g/mol. The van der Waals surface area contributed by atoms with Gasteiger partial charge in [-0.15, -0.1) is 0 Å². The van der Waals surface area contributed by atoms with Gasteiger partial charge in [-0.3, -0.25) is 9.48 Å². The highest BCUT2D eigenvalue weighted by Gasteiger charge is 2.42. The first-order valence-electron chi connectivity index (χ1n) is 7.74. The van der Waals surface area contributed by atoms with E-state index in [-0.39, 0.29) is 0 Å². The van der Waals surface area contributed by atoms with Gasteiger partial charge in [0.15, 0.2) is 0 Å². The third kappa shape index (κ3) is 3.05. The Kier molecular flexibility index (Phi) is 4.51. The van der Waals surface area contributed by atoms with Crippen LogP contribution in [0.15, 0.2) is 12.3 Å². The van der Waals surface area contributed by atoms with Gasteiger partial charge in [0.25, 0.3) is 0 Å². The SMILES string of the molecule is CCC1CCC(Cc2ccn(C(C)C)n2)(C(=O)O)CC1. The fourth-order valence-corrected chi connectivity index (χ4v) is 3.21. The maximum absolute atomic E-state index is 11.8. The Bertz CT molecular complexity index is 457. The highest BCUT2D eigenvalue weighted by atomic mass is 16.4. The first kappa shape index (κ1) is 15.1. The van der Waals surface area contributed by atoms with Crippen molar-refractivity contribution < 1.29 is 9.90 Å². The van der Waals surface area contributed by atoms with Crippen LogP contribution in [0.5, 0.6) is 0 Å². The standard InChI is InChI=1S/C16H26N2O2/c1-4-13-5-8-16(9-6-13,15(19)20)11-14-7-10-18(17-14)12(2)3/h7,10,12-13H,4-6,8-9,11H2,1-3H3,(H,19,20). The molecule has 20 heavy (non-hydrogen) atoms. The first-order valence-corrected chi connectivity index (χ1v) is 7.74. The van der Waals surface area contributed by atoms with Gasteiger partial charge < -0.3 is 5.11 Å². The minimum absolute atomic E-state index is 0.320. The predicted molar refractivity (Wildman–Crippen MR) is 78.6 cm³/mol. The number of carboxylic acids is 1. The van der Waals surface area contributed by atoms with Crippen molar-refractivity contribution in [3.63, 3.8) is 0 Å². The molecule has 0 radical (unpaired) electrons. The van der Waals surface area contributed by atoms with Crippen molar-refractivity contribution in [2.75, 3.05) is 0 Å². The van der Waals surface area contributed by atoms with Crippen LogP contribution in [0.2, 0.25) is 0 Å². The second-order valence-electron chi connectivity index (χ2n) is 6.49. The molecule has 1 N–H and O–H groups in total. The molecule has 4 nitrogen and oxygen atoms in total. The normalized spacial score (nSPS) is 26.9. The molecule has 0 spiro atoms. The number of aliphatic carboxylic acids is 1. The Balaban J connectivity index is 2.11. The van der Waals surface area contributed by atoms with E-state index in [0.717, 1.165) is 37.8 Å². The van der Waals surface area contributed by atoms with Crippen LogP contribution >= 0.6 is 0 Å². The van der Waals surface area contributed by atoms with Crippen LogP contribution in [0.25, 0.3) is 0 Å². The Morgan fingerprint density at radius 3 is 2.60 bits per heavy atom. The molecule has 0 amide bonds. The molecule has 1 aromatic rings. The third-order valence-corrected chi connectivity index (χ3v) is 4.81. The molecule has 0 aromatic carbocycles. The fraction of sp³-hybridized carbons (Fsp3) is 0.750. The van der Waals surface area contributed by atoms with Gasteiger partial charge in [-0.05, 0) is 51.5 Å². The van der Waals surface area contributed by atoms with Gasteiger partial charge in [-0.25, -0.2) is 0 Å². The molecule has 0 bridgehead atoms. The average Bonchev–Trinajstić information content (AvgIpc) is 2.88. The summed E-state index contributed by atoms with van der Waals surface area (Å²) in [5.41, 5.74) is 0.318. The Labute approximate surface area is 121 Å². The molecule has 0 atom stereocenters. The molecular weight excluding hydrogens is 252 g/mol. The first-order chi connectivity index (χ1) is 9.47. The number of hydrogen-bond acceptors (Lipinski definition) is 2. The number of nitrogens with zero attached hydrogens (tertiary/aromatic N) is 2. The van der Waals surface area contributed by atoms with Crippen LogP contribution in [0.3, 0.4) is 0 Å². The lowest BCUT2D eigenvalue weighted by molar-refractivity contribution is -0.151. The quantitative estimate of drug-likeness (QED) is 0.894. The molecular formula is C16H26N2O2. The minimum Gasteiger partial charge on any atom is -0.481 e. The largest absolute Gasteiger partial charge is 0.481 e. The van der Waals surface area contributed by atoms with Crippen LogP contribution in [0, 0.1) is 11.3 Å². The van der Waals surface area contributed by atoms with E-state index < -0.39 is 11.4 Å².